The van der Waals surface area contributed by atoms with E-state index in [9.17, 15) is 8.42 Å². The van der Waals surface area contributed by atoms with E-state index in [1.807, 2.05) is 12.1 Å². The van der Waals surface area contributed by atoms with Crippen molar-refractivity contribution in [3.8, 4) is 5.75 Å². The van der Waals surface area contributed by atoms with E-state index in [1.165, 1.54) is 5.56 Å². The Morgan fingerprint density at radius 3 is 2.08 bits per heavy atom. The number of rotatable bonds is 5. The fraction of sp³-hybridized carbons (Fsp3) is 0.368. The minimum Gasteiger partial charge on any atom is -0.497 e. The van der Waals surface area contributed by atoms with Crippen molar-refractivity contribution in [1.29, 1.82) is 0 Å². The van der Waals surface area contributed by atoms with Gasteiger partial charge >= 0.3 is 0 Å². The number of ether oxygens (including phenoxy) is 1. The summed E-state index contributed by atoms with van der Waals surface area (Å²) in [4.78, 5) is 2.60. The second-order valence-corrected chi connectivity index (χ2v) is 8.40. The van der Waals surface area contributed by atoms with Crippen LogP contribution in [0.25, 0.3) is 0 Å². The highest BCUT2D eigenvalue weighted by atomic mass is 32.2. The number of methoxy groups -OCH3 is 1. The van der Waals surface area contributed by atoms with Crippen molar-refractivity contribution < 1.29 is 13.2 Å². The van der Waals surface area contributed by atoms with Crippen molar-refractivity contribution >= 4 is 15.7 Å². The van der Waals surface area contributed by atoms with Gasteiger partial charge in [-0.25, -0.2) is 8.42 Å². The third-order valence-electron chi connectivity index (χ3n) is 4.94. The third kappa shape index (κ3) is 3.85. The van der Waals surface area contributed by atoms with Crippen LogP contribution in [0.15, 0.2) is 53.4 Å². The quantitative estimate of drug-likeness (QED) is 0.812. The van der Waals surface area contributed by atoms with Crippen molar-refractivity contribution in [1.82, 2.24) is 9.21 Å². The topological polar surface area (TPSA) is 75.9 Å². The lowest BCUT2D eigenvalue weighted by molar-refractivity contribution is 0.146. The number of nitrogens with zero attached hydrogens (tertiary/aromatic N) is 2. The van der Waals surface area contributed by atoms with Gasteiger partial charge < -0.3 is 10.5 Å². The van der Waals surface area contributed by atoms with Crippen LogP contribution in [0.5, 0.6) is 5.75 Å². The molecule has 1 saturated heterocycles. The average Bonchev–Trinajstić information content (AvgIpc) is 2.68. The summed E-state index contributed by atoms with van der Waals surface area (Å²) < 4.78 is 32.3. The molecule has 3 rings (SSSR count). The molecule has 6 nitrogen and oxygen atoms in total. The molecule has 2 N–H and O–H groups in total. The first-order valence-corrected chi connectivity index (χ1v) is 10.1. The maximum atomic E-state index is 12.8. The standard InChI is InChI=1S/C19H25N3O3S/c1-15(16-3-7-18(25-2)8-4-16)21-11-13-22(14-12-21)26(23,24)19-9-5-17(20)6-10-19/h3-10,15H,11-14,20H2,1-2H3. The number of benzene rings is 2. The lowest BCUT2D eigenvalue weighted by atomic mass is 10.1. The number of hydrogen-bond acceptors (Lipinski definition) is 5. The zero-order valence-corrected chi connectivity index (χ0v) is 15.9. The van der Waals surface area contributed by atoms with Gasteiger partial charge in [0.15, 0.2) is 0 Å². The van der Waals surface area contributed by atoms with E-state index in [0.717, 1.165) is 5.75 Å². The highest BCUT2D eigenvalue weighted by molar-refractivity contribution is 7.89. The van der Waals surface area contributed by atoms with E-state index in [4.69, 9.17) is 10.5 Å². The Hall–Kier alpha value is -2.09. The molecule has 2 aromatic carbocycles. The molecule has 0 aliphatic carbocycles. The molecule has 1 unspecified atom stereocenters. The molecule has 1 atom stereocenters. The van der Waals surface area contributed by atoms with Crippen LogP contribution < -0.4 is 10.5 Å². The van der Waals surface area contributed by atoms with Gasteiger partial charge in [-0.15, -0.1) is 0 Å². The molecule has 0 radical (unpaired) electrons. The van der Waals surface area contributed by atoms with Crippen LogP contribution >= 0.6 is 0 Å². The van der Waals surface area contributed by atoms with Gasteiger partial charge in [-0.3, -0.25) is 4.90 Å². The molecular weight excluding hydrogens is 350 g/mol. The molecule has 0 spiro atoms. The van der Waals surface area contributed by atoms with E-state index >= 15 is 0 Å². The third-order valence-corrected chi connectivity index (χ3v) is 6.85. The Labute approximate surface area is 155 Å². The fourth-order valence-electron chi connectivity index (χ4n) is 3.21. The summed E-state index contributed by atoms with van der Waals surface area (Å²) in [5, 5.41) is 0. The van der Waals surface area contributed by atoms with Crippen molar-refractivity contribution in [2.45, 2.75) is 17.9 Å². The Bertz CT molecular complexity index is 827. The van der Waals surface area contributed by atoms with Crippen LogP contribution in [0, 0.1) is 0 Å². The van der Waals surface area contributed by atoms with Gasteiger partial charge in [0.05, 0.1) is 12.0 Å². The van der Waals surface area contributed by atoms with Gasteiger partial charge in [0.25, 0.3) is 0 Å². The molecule has 1 fully saturated rings. The molecule has 0 saturated carbocycles. The smallest absolute Gasteiger partial charge is 0.243 e. The lowest BCUT2D eigenvalue weighted by Crippen LogP contribution is -2.49. The maximum absolute atomic E-state index is 12.8. The largest absolute Gasteiger partial charge is 0.497 e. The molecule has 1 heterocycles. The number of nitrogens with two attached hydrogens (primary N) is 1. The van der Waals surface area contributed by atoms with Crippen LogP contribution in [0.3, 0.4) is 0 Å². The van der Waals surface area contributed by atoms with Crippen LogP contribution in [0.4, 0.5) is 5.69 Å². The van der Waals surface area contributed by atoms with Gasteiger partial charge in [0, 0.05) is 37.9 Å². The van der Waals surface area contributed by atoms with Gasteiger partial charge in [-0.1, -0.05) is 12.1 Å². The molecule has 26 heavy (non-hydrogen) atoms. The van der Waals surface area contributed by atoms with Crippen molar-refractivity contribution in [2.75, 3.05) is 39.0 Å². The Kier molecular flexibility index (Phi) is 5.50. The average molecular weight is 375 g/mol. The minimum absolute atomic E-state index is 0.224. The summed E-state index contributed by atoms with van der Waals surface area (Å²) in [5.41, 5.74) is 7.40. The second kappa shape index (κ2) is 7.65. The first-order chi connectivity index (χ1) is 12.4. The molecule has 1 aliphatic rings. The van der Waals surface area contributed by atoms with Crippen LogP contribution in [0.1, 0.15) is 18.5 Å². The summed E-state index contributed by atoms with van der Waals surface area (Å²) in [6.45, 7) is 4.50. The molecule has 0 amide bonds. The molecular formula is C19H25N3O3S. The Balaban J connectivity index is 1.65. The second-order valence-electron chi connectivity index (χ2n) is 6.46. The molecule has 0 aromatic heterocycles. The lowest BCUT2D eigenvalue weighted by Gasteiger charge is -2.37. The predicted octanol–water partition coefficient (Wildman–Crippen LogP) is 2.34. The Morgan fingerprint density at radius 1 is 0.962 bits per heavy atom. The van der Waals surface area contributed by atoms with Crippen LogP contribution in [-0.2, 0) is 10.0 Å². The normalized spacial score (nSPS) is 17.8. The first kappa shape index (κ1) is 18.7. The molecule has 7 heteroatoms. The maximum Gasteiger partial charge on any atom is 0.243 e. The summed E-state index contributed by atoms with van der Waals surface area (Å²) >= 11 is 0. The molecule has 2 aromatic rings. The first-order valence-electron chi connectivity index (χ1n) is 8.65. The van der Waals surface area contributed by atoms with Gasteiger partial charge in [0.1, 0.15) is 5.75 Å². The monoisotopic (exact) mass is 375 g/mol. The summed E-state index contributed by atoms with van der Waals surface area (Å²) in [7, 11) is -1.82. The summed E-state index contributed by atoms with van der Waals surface area (Å²) in [5.74, 6) is 0.834. The number of hydrogen-bond donors (Lipinski definition) is 1. The number of anilines is 1. The predicted molar refractivity (Wildman–Crippen MR) is 103 cm³/mol. The number of sulfonamides is 1. The van der Waals surface area contributed by atoms with E-state index in [-0.39, 0.29) is 6.04 Å². The van der Waals surface area contributed by atoms with E-state index in [0.29, 0.717) is 36.8 Å². The number of piperazine rings is 1. The fourth-order valence-corrected chi connectivity index (χ4v) is 4.64. The van der Waals surface area contributed by atoms with Crippen LogP contribution in [0.2, 0.25) is 0 Å². The minimum atomic E-state index is -3.47. The molecule has 1 aliphatic heterocycles. The van der Waals surface area contributed by atoms with Crippen molar-refractivity contribution in [2.24, 2.45) is 0 Å². The van der Waals surface area contributed by atoms with Gasteiger partial charge in [-0.05, 0) is 48.9 Å². The van der Waals surface area contributed by atoms with Gasteiger partial charge in [-0.2, -0.15) is 4.31 Å². The zero-order valence-electron chi connectivity index (χ0n) is 15.1. The van der Waals surface area contributed by atoms with Crippen molar-refractivity contribution in [3.05, 3.63) is 54.1 Å². The van der Waals surface area contributed by atoms with Crippen molar-refractivity contribution in [3.63, 3.8) is 0 Å². The van der Waals surface area contributed by atoms with E-state index < -0.39 is 10.0 Å². The zero-order chi connectivity index (χ0) is 18.7. The molecule has 140 valence electrons. The molecule has 0 bridgehead atoms. The van der Waals surface area contributed by atoms with Crippen LogP contribution in [-0.4, -0.2) is 50.9 Å². The van der Waals surface area contributed by atoms with Gasteiger partial charge in [0.2, 0.25) is 10.0 Å². The SMILES string of the molecule is COc1ccc(C(C)N2CCN(S(=O)(=O)c3ccc(N)cc3)CC2)cc1. The summed E-state index contributed by atoms with van der Waals surface area (Å²) in [6.07, 6.45) is 0. The number of nitrogen functional groups attached to an aromatic ring is 1. The Morgan fingerprint density at radius 2 is 1.54 bits per heavy atom. The highest BCUT2D eigenvalue weighted by Crippen LogP contribution is 2.25. The highest BCUT2D eigenvalue weighted by Gasteiger charge is 2.30. The van der Waals surface area contributed by atoms with E-state index in [1.54, 1.807) is 35.7 Å². The van der Waals surface area contributed by atoms with E-state index in [2.05, 4.69) is 24.0 Å². The summed E-state index contributed by atoms with van der Waals surface area (Å²) in [6, 6.07) is 14.6.